The number of aryl methyl sites for hydroxylation is 2. The third-order valence-electron chi connectivity index (χ3n) is 2.17. The highest BCUT2D eigenvalue weighted by Crippen LogP contribution is 2.15. The molecule has 1 atom stereocenters. The zero-order valence-corrected chi connectivity index (χ0v) is 9.08. The van der Waals surface area contributed by atoms with Crippen LogP contribution in [0.5, 0.6) is 5.88 Å². The van der Waals surface area contributed by atoms with Crippen LogP contribution >= 0.6 is 0 Å². The van der Waals surface area contributed by atoms with Crippen LogP contribution in [0.1, 0.15) is 24.5 Å². The van der Waals surface area contributed by atoms with Gasteiger partial charge in [0.05, 0.1) is 7.11 Å². The molecular weight excluding hydrogens is 176 g/mol. The van der Waals surface area contributed by atoms with Gasteiger partial charge in [0.1, 0.15) is 0 Å². The zero-order chi connectivity index (χ0) is 10.6. The molecule has 3 heteroatoms. The van der Waals surface area contributed by atoms with E-state index in [1.54, 1.807) is 7.11 Å². The van der Waals surface area contributed by atoms with Crippen LogP contribution < -0.4 is 10.5 Å². The highest BCUT2D eigenvalue weighted by molar-refractivity contribution is 5.28. The third kappa shape index (κ3) is 3.00. The maximum Gasteiger partial charge on any atom is 0.215 e. The molecule has 0 bridgehead atoms. The molecule has 3 nitrogen and oxygen atoms in total. The van der Waals surface area contributed by atoms with E-state index in [0.717, 1.165) is 18.4 Å². The van der Waals surface area contributed by atoms with E-state index in [2.05, 4.69) is 11.1 Å². The van der Waals surface area contributed by atoms with E-state index < -0.39 is 0 Å². The topological polar surface area (TPSA) is 48.1 Å². The Labute approximate surface area is 85.3 Å². The van der Waals surface area contributed by atoms with Gasteiger partial charge in [-0.25, -0.2) is 4.98 Å². The molecule has 14 heavy (non-hydrogen) atoms. The molecule has 0 aliphatic carbocycles. The standard InChI is InChI=1S/C11H18N2O/c1-8-6-10(5-4-9(2)12)7-13-11(8)14-3/h6-7,9H,4-5,12H2,1-3H3/t9-/m1/s1. The van der Waals surface area contributed by atoms with E-state index in [9.17, 15) is 0 Å². The minimum absolute atomic E-state index is 0.248. The van der Waals surface area contributed by atoms with Gasteiger partial charge in [0.15, 0.2) is 0 Å². The second-order valence-electron chi connectivity index (χ2n) is 3.69. The lowest BCUT2D eigenvalue weighted by Crippen LogP contribution is -2.15. The second-order valence-corrected chi connectivity index (χ2v) is 3.69. The summed E-state index contributed by atoms with van der Waals surface area (Å²) in [6.45, 7) is 4.02. The number of hydrogen-bond acceptors (Lipinski definition) is 3. The van der Waals surface area contributed by atoms with Crippen LogP contribution in [0, 0.1) is 6.92 Å². The first-order chi connectivity index (χ1) is 6.63. The lowest BCUT2D eigenvalue weighted by Gasteiger charge is -2.07. The predicted molar refractivity (Wildman–Crippen MR) is 57.5 cm³/mol. The van der Waals surface area contributed by atoms with Crippen molar-refractivity contribution < 1.29 is 4.74 Å². The van der Waals surface area contributed by atoms with Gasteiger partial charge in [-0.05, 0) is 38.3 Å². The van der Waals surface area contributed by atoms with Crippen LogP contribution in [-0.4, -0.2) is 18.1 Å². The number of nitrogens with two attached hydrogens (primary N) is 1. The van der Waals surface area contributed by atoms with Crippen molar-refractivity contribution in [3.8, 4) is 5.88 Å². The second kappa shape index (κ2) is 4.96. The van der Waals surface area contributed by atoms with E-state index >= 15 is 0 Å². The van der Waals surface area contributed by atoms with Crippen molar-refractivity contribution in [2.75, 3.05) is 7.11 Å². The normalized spacial score (nSPS) is 12.6. The Morgan fingerprint density at radius 3 is 2.79 bits per heavy atom. The fourth-order valence-electron chi connectivity index (χ4n) is 1.37. The van der Waals surface area contributed by atoms with Crippen LogP contribution in [0.25, 0.3) is 0 Å². The van der Waals surface area contributed by atoms with Gasteiger partial charge in [-0.15, -0.1) is 0 Å². The Kier molecular flexibility index (Phi) is 3.89. The van der Waals surface area contributed by atoms with Crippen molar-refractivity contribution in [1.82, 2.24) is 4.98 Å². The first-order valence-corrected chi connectivity index (χ1v) is 4.88. The number of nitrogens with zero attached hydrogens (tertiary/aromatic N) is 1. The molecule has 1 heterocycles. The lowest BCUT2D eigenvalue weighted by molar-refractivity contribution is 0.394. The summed E-state index contributed by atoms with van der Waals surface area (Å²) in [7, 11) is 1.64. The average Bonchev–Trinajstić information content (AvgIpc) is 2.15. The average molecular weight is 194 g/mol. The fourth-order valence-corrected chi connectivity index (χ4v) is 1.37. The first-order valence-electron chi connectivity index (χ1n) is 4.88. The summed E-state index contributed by atoms with van der Waals surface area (Å²) in [5, 5.41) is 0. The fraction of sp³-hybridized carbons (Fsp3) is 0.545. The highest BCUT2D eigenvalue weighted by atomic mass is 16.5. The predicted octanol–water partition coefficient (Wildman–Crippen LogP) is 1.68. The number of pyridine rings is 1. The number of aromatic nitrogens is 1. The summed E-state index contributed by atoms with van der Waals surface area (Å²) in [4.78, 5) is 4.21. The summed E-state index contributed by atoms with van der Waals surface area (Å²) in [6.07, 6.45) is 3.83. The zero-order valence-electron chi connectivity index (χ0n) is 9.08. The van der Waals surface area contributed by atoms with Crippen molar-refractivity contribution in [1.29, 1.82) is 0 Å². The Bertz CT molecular complexity index is 297. The molecule has 78 valence electrons. The number of ether oxygens (including phenoxy) is 1. The Balaban J connectivity index is 2.66. The van der Waals surface area contributed by atoms with Gasteiger partial charge in [0, 0.05) is 17.8 Å². The van der Waals surface area contributed by atoms with E-state index in [1.165, 1.54) is 5.56 Å². The molecule has 1 aromatic heterocycles. The van der Waals surface area contributed by atoms with Gasteiger partial charge in [0.2, 0.25) is 5.88 Å². The smallest absolute Gasteiger partial charge is 0.215 e. The molecule has 1 rings (SSSR count). The van der Waals surface area contributed by atoms with E-state index in [-0.39, 0.29) is 6.04 Å². The van der Waals surface area contributed by atoms with E-state index in [1.807, 2.05) is 20.0 Å². The number of methoxy groups -OCH3 is 1. The Hall–Kier alpha value is -1.09. The highest BCUT2D eigenvalue weighted by Gasteiger charge is 2.02. The molecule has 2 N–H and O–H groups in total. The summed E-state index contributed by atoms with van der Waals surface area (Å²) < 4.78 is 5.09. The van der Waals surface area contributed by atoms with Crippen LogP contribution in [0.4, 0.5) is 0 Å². The van der Waals surface area contributed by atoms with Gasteiger partial charge < -0.3 is 10.5 Å². The molecule has 0 spiro atoms. The van der Waals surface area contributed by atoms with Crippen molar-refractivity contribution in [3.63, 3.8) is 0 Å². The largest absolute Gasteiger partial charge is 0.481 e. The Morgan fingerprint density at radius 2 is 2.29 bits per heavy atom. The molecular formula is C11H18N2O. The van der Waals surface area contributed by atoms with Gasteiger partial charge >= 0.3 is 0 Å². The summed E-state index contributed by atoms with van der Waals surface area (Å²) in [5.41, 5.74) is 7.99. The number of rotatable bonds is 4. The van der Waals surface area contributed by atoms with Gasteiger partial charge in [-0.2, -0.15) is 0 Å². The van der Waals surface area contributed by atoms with E-state index in [4.69, 9.17) is 10.5 Å². The molecule has 0 saturated heterocycles. The van der Waals surface area contributed by atoms with Crippen molar-refractivity contribution >= 4 is 0 Å². The molecule has 0 unspecified atom stereocenters. The van der Waals surface area contributed by atoms with Crippen molar-refractivity contribution in [2.45, 2.75) is 32.7 Å². The minimum Gasteiger partial charge on any atom is -0.481 e. The molecule has 0 aliphatic rings. The monoisotopic (exact) mass is 194 g/mol. The maximum atomic E-state index is 5.69. The number of hydrogen-bond donors (Lipinski definition) is 1. The molecule has 0 amide bonds. The quantitative estimate of drug-likeness (QED) is 0.793. The van der Waals surface area contributed by atoms with Gasteiger partial charge in [0.25, 0.3) is 0 Å². The Morgan fingerprint density at radius 1 is 1.57 bits per heavy atom. The summed E-state index contributed by atoms with van der Waals surface area (Å²) in [5.74, 6) is 0.703. The van der Waals surface area contributed by atoms with E-state index in [0.29, 0.717) is 5.88 Å². The van der Waals surface area contributed by atoms with Crippen molar-refractivity contribution in [2.24, 2.45) is 5.73 Å². The van der Waals surface area contributed by atoms with Crippen LogP contribution in [0.2, 0.25) is 0 Å². The molecule has 0 radical (unpaired) electrons. The lowest BCUT2D eigenvalue weighted by atomic mass is 10.1. The van der Waals surface area contributed by atoms with Crippen LogP contribution in [0.15, 0.2) is 12.3 Å². The van der Waals surface area contributed by atoms with Crippen molar-refractivity contribution in [3.05, 3.63) is 23.4 Å². The molecule has 0 fully saturated rings. The molecule has 0 aromatic carbocycles. The summed E-state index contributed by atoms with van der Waals surface area (Å²) >= 11 is 0. The molecule has 0 saturated carbocycles. The van der Waals surface area contributed by atoms with Crippen LogP contribution in [-0.2, 0) is 6.42 Å². The SMILES string of the molecule is COc1ncc(CC[C@@H](C)N)cc1C. The maximum absolute atomic E-state index is 5.69. The first kappa shape index (κ1) is 11.0. The van der Waals surface area contributed by atoms with Gasteiger partial charge in [-0.1, -0.05) is 0 Å². The van der Waals surface area contributed by atoms with Crippen LogP contribution in [0.3, 0.4) is 0 Å². The summed E-state index contributed by atoms with van der Waals surface area (Å²) in [6, 6.07) is 2.35. The molecule has 0 aliphatic heterocycles. The van der Waals surface area contributed by atoms with Gasteiger partial charge in [-0.3, -0.25) is 0 Å². The minimum atomic E-state index is 0.248. The molecule has 1 aromatic rings. The third-order valence-corrected chi connectivity index (χ3v) is 2.17.